The molecule has 0 saturated carbocycles. The summed E-state index contributed by atoms with van der Waals surface area (Å²) < 4.78 is 16.7. The molecule has 136 valence electrons. The summed E-state index contributed by atoms with van der Waals surface area (Å²) in [5.41, 5.74) is 1.08. The van der Waals surface area contributed by atoms with Gasteiger partial charge in [-0.25, -0.2) is 4.79 Å². The van der Waals surface area contributed by atoms with Crippen LogP contribution in [-0.4, -0.2) is 24.9 Å². The molecule has 0 fully saturated rings. The number of ether oxygens (including phenoxy) is 2. The highest BCUT2D eigenvalue weighted by Crippen LogP contribution is 2.32. The van der Waals surface area contributed by atoms with E-state index in [4.69, 9.17) is 13.9 Å². The zero-order valence-corrected chi connectivity index (χ0v) is 15.9. The molecule has 1 aromatic heterocycles. The molecule has 0 bridgehead atoms. The molecule has 0 amide bonds. The van der Waals surface area contributed by atoms with Gasteiger partial charge < -0.3 is 13.9 Å². The average Bonchev–Trinajstić information content (AvgIpc) is 2.61. The third-order valence-electron chi connectivity index (χ3n) is 3.81. The van der Waals surface area contributed by atoms with Gasteiger partial charge in [0.2, 0.25) is 5.43 Å². The Balaban J connectivity index is 2.27. The second-order valence-electron chi connectivity index (χ2n) is 6.03. The fraction of sp³-hybridized carbons (Fsp3) is 0.300. The Kier molecular flexibility index (Phi) is 5.23. The minimum atomic E-state index is -0.462. The van der Waals surface area contributed by atoms with Gasteiger partial charge in [0.1, 0.15) is 11.3 Å². The number of hydrogen-bond acceptors (Lipinski definition) is 6. The van der Waals surface area contributed by atoms with Gasteiger partial charge in [0.15, 0.2) is 5.58 Å². The van der Waals surface area contributed by atoms with Crippen molar-refractivity contribution in [2.45, 2.75) is 31.8 Å². The standard InChI is InChI=1S/C20H20O5S/c1-5-23-20(22)12-6-7-16-14(8-12)18(21)15-9-13(24-11(2)3)10-17(26-4)19(15)25-16/h6-11H,5H2,1-4H3. The van der Waals surface area contributed by atoms with Gasteiger partial charge >= 0.3 is 5.97 Å². The lowest BCUT2D eigenvalue weighted by Crippen LogP contribution is -2.09. The minimum absolute atomic E-state index is 0.00919. The molecule has 26 heavy (non-hydrogen) atoms. The van der Waals surface area contributed by atoms with Crippen molar-refractivity contribution >= 4 is 39.7 Å². The SMILES string of the molecule is CCOC(=O)c1ccc2oc3c(SC)cc(OC(C)C)cc3c(=O)c2c1. The lowest BCUT2D eigenvalue weighted by Gasteiger charge is -2.12. The Morgan fingerprint density at radius 1 is 1.19 bits per heavy atom. The number of carbonyl (C=O) groups excluding carboxylic acids is 1. The van der Waals surface area contributed by atoms with Crippen molar-refractivity contribution < 1.29 is 18.7 Å². The second kappa shape index (κ2) is 7.41. The molecule has 1 heterocycles. The zero-order valence-electron chi connectivity index (χ0n) is 15.1. The lowest BCUT2D eigenvalue weighted by molar-refractivity contribution is 0.0526. The van der Waals surface area contributed by atoms with Gasteiger partial charge in [-0.3, -0.25) is 4.79 Å². The summed E-state index contributed by atoms with van der Waals surface area (Å²) in [6.45, 7) is 5.87. The second-order valence-corrected chi connectivity index (χ2v) is 6.88. The molecule has 0 spiro atoms. The largest absolute Gasteiger partial charge is 0.491 e. The maximum absolute atomic E-state index is 13.0. The van der Waals surface area contributed by atoms with Gasteiger partial charge in [0, 0.05) is 0 Å². The molecule has 0 aliphatic rings. The van der Waals surface area contributed by atoms with Crippen molar-refractivity contribution in [2.75, 3.05) is 12.9 Å². The Labute approximate surface area is 155 Å². The minimum Gasteiger partial charge on any atom is -0.491 e. The van der Waals surface area contributed by atoms with E-state index in [-0.39, 0.29) is 18.1 Å². The van der Waals surface area contributed by atoms with Crippen LogP contribution in [0, 0.1) is 0 Å². The molecular formula is C20H20O5S. The number of carbonyl (C=O) groups is 1. The highest BCUT2D eigenvalue weighted by molar-refractivity contribution is 7.98. The molecule has 0 radical (unpaired) electrons. The van der Waals surface area contributed by atoms with Crippen molar-refractivity contribution in [3.05, 3.63) is 46.1 Å². The van der Waals surface area contributed by atoms with Crippen LogP contribution in [-0.2, 0) is 4.74 Å². The van der Waals surface area contributed by atoms with Crippen molar-refractivity contribution in [1.29, 1.82) is 0 Å². The van der Waals surface area contributed by atoms with E-state index in [9.17, 15) is 9.59 Å². The molecule has 0 aliphatic carbocycles. The molecule has 0 N–H and O–H groups in total. The van der Waals surface area contributed by atoms with Crippen LogP contribution >= 0.6 is 11.8 Å². The van der Waals surface area contributed by atoms with Gasteiger partial charge in [-0.05, 0) is 57.4 Å². The monoisotopic (exact) mass is 372 g/mol. The summed E-state index contributed by atoms with van der Waals surface area (Å²) in [6, 6.07) is 8.31. The fourth-order valence-electron chi connectivity index (χ4n) is 2.74. The van der Waals surface area contributed by atoms with Crippen molar-refractivity contribution in [1.82, 2.24) is 0 Å². The van der Waals surface area contributed by atoms with E-state index < -0.39 is 5.97 Å². The fourth-order valence-corrected chi connectivity index (χ4v) is 3.31. The van der Waals surface area contributed by atoms with Crippen LogP contribution in [0.1, 0.15) is 31.1 Å². The summed E-state index contributed by atoms with van der Waals surface area (Å²) in [5, 5.41) is 0.776. The third-order valence-corrected chi connectivity index (χ3v) is 4.56. The van der Waals surface area contributed by atoms with E-state index >= 15 is 0 Å². The predicted octanol–water partition coefficient (Wildman–Crippen LogP) is 4.63. The summed E-state index contributed by atoms with van der Waals surface area (Å²) in [4.78, 5) is 25.8. The third kappa shape index (κ3) is 3.42. The van der Waals surface area contributed by atoms with Crippen LogP contribution in [0.25, 0.3) is 21.9 Å². The molecule has 2 aromatic carbocycles. The molecule has 0 saturated heterocycles. The van der Waals surface area contributed by atoms with E-state index in [0.29, 0.717) is 33.3 Å². The van der Waals surface area contributed by atoms with Crippen LogP contribution in [0.4, 0.5) is 0 Å². The Bertz CT molecular complexity index is 1040. The summed E-state index contributed by atoms with van der Waals surface area (Å²) in [7, 11) is 0. The smallest absolute Gasteiger partial charge is 0.338 e. The van der Waals surface area contributed by atoms with E-state index in [1.54, 1.807) is 25.1 Å². The molecule has 6 heteroatoms. The Morgan fingerprint density at radius 2 is 1.96 bits per heavy atom. The molecule has 0 atom stereocenters. The van der Waals surface area contributed by atoms with E-state index in [1.165, 1.54) is 17.8 Å². The highest BCUT2D eigenvalue weighted by atomic mass is 32.2. The quantitative estimate of drug-likeness (QED) is 0.369. The number of hydrogen-bond donors (Lipinski definition) is 0. The van der Waals surface area contributed by atoms with Crippen LogP contribution in [0.2, 0.25) is 0 Å². The zero-order chi connectivity index (χ0) is 18.8. The molecular weight excluding hydrogens is 352 g/mol. The van der Waals surface area contributed by atoms with Crippen LogP contribution in [0.15, 0.2) is 44.4 Å². The average molecular weight is 372 g/mol. The number of fused-ring (bicyclic) bond motifs is 2. The Hall–Kier alpha value is -2.47. The van der Waals surface area contributed by atoms with Crippen LogP contribution < -0.4 is 10.2 Å². The van der Waals surface area contributed by atoms with Gasteiger partial charge in [-0.15, -0.1) is 11.8 Å². The molecule has 5 nitrogen and oxygen atoms in total. The number of benzene rings is 2. The van der Waals surface area contributed by atoms with Gasteiger partial charge in [0.25, 0.3) is 0 Å². The van der Waals surface area contributed by atoms with E-state index in [1.807, 2.05) is 26.2 Å². The van der Waals surface area contributed by atoms with Crippen molar-refractivity contribution in [3.63, 3.8) is 0 Å². The number of thioether (sulfide) groups is 1. The highest BCUT2D eigenvalue weighted by Gasteiger charge is 2.16. The maximum Gasteiger partial charge on any atom is 0.338 e. The van der Waals surface area contributed by atoms with Crippen LogP contribution in [0.3, 0.4) is 0 Å². The topological polar surface area (TPSA) is 65.7 Å². The van der Waals surface area contributed by atoms with Gasteiger partial charge in [-0.1, -0.05) is 0 Å². The first-order valence-corrected chi connectivity index (χ1v) is 9.59. The molecule has 0 aliphatic heterocycles. The first-order valence-electron chi connectivity index (χ1n) is 8.37. The molecule has 3 aromatic rings. The van der Waals surface area contributed by atoms with Crippen molar-refractivity contribution in [3.8, 4) is 5.75 Å². The normalized spacial score (nSPS) is 11.3. The lowest BCUT2D eigenvalue weighted by atomic mass is 10.1. The summed E-state index contributed by atoms with van der Waals surface area (Å²) in [5.74, 6) is 0.153. The van der Waals surface area contributed by atoms with Gasteiger partial charge in [-0.2, -0.15) is 0 Å². The molecule has 3 rings (SSSR count). The van der Waals surface area contributed by atoms with Crippen LogP contribution in [0.5, 0.6) is 5.75 Å². The molecule has 0 unspecified atom stereocenters. The maximum atomic E-state index is 13.0. The number of rotatable bonds is 5. The van der Waals surface area contributed by atoms with Crippen molar-refractivity contribution in [2.24, 2.45) is 0 Å². The summed E-state index contributed by atoms with van der Waals surface area (Å²) in [6.07, 6.45) is 1.91. The summed E-state index contributed by atoms with van der Waals surface area (Å²) >= 11 is 1.48. The first-order chi connectivity index (χ1) is 12.4. The van der Waals surface area contributed by atoms with E-state index in [2.05, 4.69) is 0 Å². The number of esters is 1. The first kappa shape index (κ1) is 18.3. The van der Waals surface area contributed by atoms with E-state index in [0.717, 1.165) is 4.90 Å². The Morgan fingerprint density at radius 3 is 2.62 bits per heavy atom. The van der Waals surface area contributed by atoms with Gasteiger partial charge in [0.05, 0.1) is 33.9 Å². The predicted molar refractivity (Wildman–Crippen MR) is 103 cm³/mol.